The highest BCUT2D eigenvalue weighted by Gasteiger charge is 2.23. The van der Waals surface area contributed by atoms with Crippen LogP contribution in [-0.2, 0) is 4.74 Å². The fraction of sp³-hybridized carbons (Fsp3) is 1.00. The molecule has 2 rings (SSSR count). The number of hydrogen-bond acceptors (Lipinski definition) is 4. The van der Waals surface area contributed by atoms with Crippen LogP contribution in [0.25, 0.3) is 0 Å². The number of piperazine rings is 1. The molecule has 100 valence electrons. The van der Waals surface area contributed by atoms with Crippen LogP contribution in [0, 0.1) is 5.92 Å². The highest BCUT2D eigenvalue weighted by molar-refractivity contribution is 4.75. The molecule has 2 unspecified atom stereocenters. The molecule has 0 aliphatic carbocycles. The lowest BCUT2D eigenvalue weighted by atomic mass is 10.0. The number of likely N-dealkylation sites (N-methyl/N-ethyl adjacent to an activating group) is 1. The topological polar surface area (TPSA) is 27.7 Å². The van der Waals surface area contributed by atoms with Crippen molar-refractivity contribution < 1.29 is 4.74 Å². The molecule has 0 aromatic carbocycles. The number of hydrogen-bond donors (Lipinski definition) is 1. The Kier molecular flexibility index (Phi) is 5.22. The highest BCUT2D eigenvalue weighted by Crippen LogP contribution is 2.18. The second-order valence-corrected chi connectivity index (χ2v) is 5.47. The van der Waals surface area contributed by atoms with Gasteiger partial charge in [0, 0.05) is 52.4 Å². The molecule has 2 saturated heterocycles. The normalized spacial score (nSPS) is 32.1. The van der Waals surface area contributed by atoms with Crippen molar-refractivity contribution >= 4 is 0 Å². The van der Waals surface area contributed by atoms with E-state index >= 15 is 0 Å². The molecule has 2 aliphatic heterocycles. The molecular formula is C13H27N3O. The third kappa shape index (κ3) is 4.21. The van der Waals surface area contributed by atoms with Crippen LogP contribution in [-0.4, -0.2) is 75.4 Å². The summed E-state index contributed by atoms with van der Waals surface area (Å²) in [5.74, 6) is 0.725. The first-order valence-electron chi connectivity index (χ1n) is 6.99. The van der Waals surface area contributed by atoms with Crippen LogP contribution in [0.1, 0.15) is 13.3 Å². The van der Waals surface area contributed by atoms with Crippen molar-refractivity contribution in [3.05, 3.63) is 0 Å². The summed E-state index contributed by atoms with van der Waals surface area (Å²) in [7, 11) is 2.21. The van der Waals surface area contributed by atoms with Gasteiger partial charge in [-0.25, -0.2) is 0 Å². The fourth-order valence-electron chi connectivity index (χ4n) is 2.64. The van der Waals surface area contributed by atoms with Crippen LogP contribution in [0.3, 0.4) is 0 Å². The lowest BCUT2D eigenvalue weighted by Gasteiger charge is -2.32. The van der Waals surface area contributed by atoms with Gasteiger partial charge in [0.1, 0.15) is 0 Å². The average molecular weight is 241 g/mol. The molecule has 17 heavy (non-hydrogen) atoms. The summed E-state index contributed by atoms with van der Waals surface area (Å²) in [4.78, 5) is 4.96. The molecular weight excluding hydrogens is 214 g/mol. The van der Waals surface area contributed by atoms with Gasteiger partial charge in [0.2, 0.25) is 0 Å². The van der Waals surface area contributed by atoms with Gasteiger partial charge in [0.25, 0.3) is 0 Å². The summed E-state index contributed by atoms with van der Waals surface area (Å²) in [5, 5.41) is 3.58. The predicted octanol–water partition coefficient (Wildman–Crippen LogP) is 0.248. The minimum Gasteiger partial charge on any atom is -0.378 e. The van der Waals surface area contributed by atoms with Gasteiger partial charge >= 0.3 is 0 Å². The van der Waals surface area contributed by atoms with Gasteiger partial charge in [-0.3, -0.25) is 4.90 Å². The van der Waals surface area contributed by atoms with Crippen molar-refractivity contribution in [1.82, 2.24) is 15.1 Å². The van der Waals surface area contributed by atoms with E-state index in [1.54, 1.807) is 0 Å². The highest BCUT2D eigenvalue weighted by atomic mass is 16.5. The summed E-state index contributed by atoms with van der Waals surface area (Å²) < 4.78 is 5.57. The van der Waals surface area contributed by atoms with E-state index in [-0.39, 0.29) is 0 Å². The molecule has 1 N–H and O–H groups in total. The van der Waals surface area contributed by atoms with Crippen LogP contribution >= 0.6 is 0 Å². The Bertz CT molecular complexity index is 217. The number of nitrogens with one attached hydrogen (secondary N) is 1. The summed E-state index contributed by atoms with van der Waals surface area (Å²) >= 11 is 0. The number of ether oxygens (including phenoxy) is 1. The Hall–Kier alpha value is -0.160. The van der Waals surface area contributed by atoms with Gasteiger partial charge in [-0.2, -0.15) is 0 Å². The van der Waals surface area contributed by atoms with Crippen molar-refractivity contribution in [2.75, 3.05) is 59.5 Å². The van der Waals surface area contributed by atoms with Crippen molar-refractivity contribution in [3.8, 4) is 0 Å². The Morgan fingerprint density at radius 3 is 2.65 bits per heavy atom. The van der Waals surface area contributed by atoms with Gasteiger partial charge in [-0.15, -0.1) is 0 Å². The first-order chi connectivity index (χ1) is 8.25. The van der Waals surface area contributed by atoms with Crippen molar-refractivity contribution in [2.24, 2.45) is 5.92 Å². The third-order valence-electron chi connectivity index (χ3n) is 4.14. The smallest absolute Gasteiger partial charge is 0.0588 e. The number of rotatable bonds is 5. The molecule has 2 aliphatic rings. The van der Waals surface area contributed by atoms with E-state index in [1.165, 1.54) is 39.1 Å². The molecule has 4 nitrogen and oxygen atoms in total. The Morgan fingerprint density at radius 2 is 2.00 bits per heavy atom. The zero-order chi connectivity index (χ0) is 12.1. The monoisotopic (exact) mass is 241 g/mol. The Balaban J connectivity index is 1.51. The van der Waals surface area contributed by atoms with Gasteiger partial charge in [-0.1, -0.05) is 0 Å². The Labute approximate surface area is 105 Å². The molecule has 2 fully saturated rings. The molecule has 0 radical (unpaired) electrons. The third-order valence-corrected chi connectivity index (χ3v) is 4.14. The fourth-order valence-corrected chi connectivity index (χ4v) is 2.64. The molecule has 0 bridgehead atoms. The molecule has 4 heteroatoms. The van der Waals surface area contributed by atoms with E-state index in [1.807, 2.05) is 0 Å². The Morgan fingerprint density at radius 1 is 1.24 bits per heavy atom. The molecule has 0 amide bonds. The van der Waals surface area contributed by atoms with Gasteiger partial charge in [-0.05, 0) is 26.3 Å². The number of nitrogens with zero attached hydrogens (tertiary/aromatic N) is 2. The lowest BCUT2D eigenvalue weighted by molar-refractivity contribution is 0.105. The van der Waals surface area contributed by atoms with Crippen molar-refractivity contribution in [3.63, 3.8) is 0 Å². The molecule has 0 saturated carbocycles. The lowest BCUT2D eigenvalue weighted by Crippen LogP contribution is -2.46. The zero-order valence-corrected chi connectivity index (χ0v) is 11.3. The molecule has 0 aromatic heterocycles. The summed E-state index contributed by atoms with van der Waals surface area (Å²) in [6.07, 6.45) is 1.68. The van der Waals surface area contributed by atoms with E-state index in [9.17, 15) is 0 Å². The molecule has 0 aromatic rings. The largest absolute Gasteiger partial charge is 0.378 e. The maximum absolute atomic E-state index is 5.57. The van der Waals surface area contributed by atoms with Crippen LogP contribution in [0.4, 0.5) is 0 Å². The second kappa shape index (κ2) is 6.69. The summed E-state index contributed by atoms with van der Waals surface area (Å²) in [6.45, 7) is 11.5. The average Bonchev–Trinajstić information content (AvgIpc) is 2.73. The van der Waals surface area contributed by atoms with E-state index in [0.29, 0.717) is 6.10 Å². The van der Waals surface area contributed by atoms with E-state index in [0.717, 1.165) is 25.6 Å². The summed E-state index contributed by atoms with van der Waals surface area (Å²) in [6, 6.07) is 0. The first kappa shape index (κ1) is 13.3. The van der Waals surface area contributed by atoms with E-state index in [2.05, 4.69) is 29.1 Å². The van der Waals surface area contributed by atoms with Gasteiger partial charge in [0.15, 0.2) is 0 Å². The van der Waals surface area contributed by atoms with E-state index in [4.69, 9.17) is 4.74 Å². The minimum absolute atomic E-state index is 0.450. The predicted molar refractivity (Wildman–Crippen MR) is 70.3 cm³/mol. The van der Waals surface area contributed by atoms with Gasteiger partial charge < -0.3 is 15.0 Å². The second-order valence-electron chi connectivity index (χ2n) is 5.47. The van der Waals surface area contributed by atoms with Crippen LogP contribution in [0.15, 0.2) is 0 Å². The maximum atomic E-state index is 5.57. The maximum Gasteiger partial charge on any atom is 0.0588 e. The SMILES string of the molecule is CC1OCCC1CNCCN1CCN(C)CC1. The van der Waals surface area contributed by atoms with Crippen LogP contribution in [0.2, 0.25) is 0 Å². The van der Waals surface area contributed by atoms with Gasteiger partial charge in [0.05, 0.1) is 6.10 Å². The first-order valence-corrected chi connectivity index (χ1v) is 6.99. The summed E-state index contributed by atoms with van der Waals surface area (Å²) in [5.41, 5.74) is 0. The van der Waals surface area contributed by atoms with Crippen molar-refractivity contribution in [1.29, 1.82) is 0 Å². The van der Waals surface area contributed by atoms with Crippen LogP contribution < -0.4 is 5.32 Å². The molecule has 2 atom stereocenters. The quantitative estimate of drug-likeness (QED) is 0.698. The zero-order valence-electron chi connectivity index (χ0n) is 11.3. The van der Waals surface area contributed by atoms with Crippen molar-refractivity contribution in [2.45, 2.75) is 19.4 Å². The van der Waals surface area contributed by atoms with E-state index < -0.39 is 0 Å². The minimum atomic E-state index is 0.450. The molecule has 2 heterocycles. The molecule has 0 spiro atoms. The van der Waals surface area contributed by atoms with Crippen LogP contribution in [0.5, 0.6) is 0 Å². The standard InChI is InChI=1S/C13H27N3O/c1-12-13(3-10-17-12)11-14-4-5-16-8-6-15(2)7-9-16/h12-14H,3-11H2,1-2H3.